The lowest BCUT2D eigenvalue weighted by atomic mass is 9.98. The van der Waals surface area contributed by atoms with Crippen LogP contribution < -0.4 is 4.74 Å². The Morgan fingerprint density at radius 1 is 0.963 bits per heavy atom. The SMILES string of the molecule is Cc1cccc(OC(C=COC2CCCCC2)=Nc2ccc(C)c(C)c2)c1. The highest BCUT2D eigenvalue weighted by molar-refractivity contribution is 5.91. The van der Waals surface area contributed by atoms with Gasteiger partial charge in [0.2, 0.25) is 5.90 Å². The first-order chi connectivity index (χ1) is 13.1. The summed E-state index contributed by atoms with van der Waals surface area (Å²) in [6.07, 6.45) is 9.97. The van der Waals surface area contributed by atoms with E-state index in [9.17, 15) is 0 Å². The average Bonchev–Trinajstić information content (AvgIpc) is 2.65. The molecule has 0 N–H and O–H groups in total. The second kappa shape index (κ2) is 9.40. The van der Waals surface area contributed by atoms with Crippen LogP contribution in [0.4, 0.5) is 5.69 Å². The number of hydrogen-bond donors (Lipinski definition) is 0. The van der Waals surface area contributed by atoms with E-state index in [1.165, 1.54) is 30.4 Å². The molecule has 1 fully saturated rings. The number of aliphatic imine (C=N–C) groups is 1. The van der Waals surface area contributed by atoms with Crippen molar-refractivity contribution in [1.82, 2.24) is 0 Å². The Kier molecular flexibility index (Phi) is 6.69. The van der Waals surface area contributed by atoms with Gasteiger partial charge in [-0.1, -0.05) is 24.6 Å². The van der Waals surface area contributed by atoms with Gasteiger partial charge < -0.3 is 9.47 Å². The fourth-order valence-corrected chi connectivity index (χ4v) is 3.23. The lowest BCUT2D eigenvalue weighted by molar-refractivity contribution is 0.106. The molecular weight excluding hydrogens is 334 g/mol. The molecule has 0 spiro atoms. The summed E-state index contributed by atoms with van der Waals surface area (Å²) >= 11 is 0. The maximum Gasteiger partial charge on any atom is 0.222 e. The maximum atomic E-state index is 6.04. The molecule has 0 bridgehead atoms. The van der Waals surface area contributed by atoms with E-state index in [0.717, 1.165) is 29.8 Å². The molecule has 142 valence electrons. The third-order valence-electron chi connectivity index (χ3n) is 4.98. The molecule has 3 rings (SSSR count). The van der Waals surface area contributed by atoms with Gasteiger partial charge in [-0.05, 0) is 87.4 Å². The summed E-state index contributed by atoms with van der Waals surface area (Å²) in [6.45, 7) is 6.25. The zero-order valence-corrected chi connectivity index (χ0v) is 16.6. The van der Waals surface area contributed by atoms with Crippen LogP contribution in [0.25, 0.3) is 0 Å². The van der Waals surface area contributed by atoms with Gasteiger partial charge in [-0.2, -0.15) is 0 Å². The van der Waals surface area contributed by atoms with E-state index in [2.05, 4.69) is 39.0 Å². The van der Waals surface area contributed by atoms with E-state index in [1.54, 1.807) is 6.26 Å². The number of aryl methyl sites for hydroxylation is 3. The molecule has 27 heavy (non-hydrogen) atoms. The molecule has 2 aromatic rings. The van der Waals surface area contributed by atoms with Crippen molar-refractivity contribution in [2.75, 3.05) is 0 Å². The fourth-order valence-electron chi connectivity index (χ4n) is 3.23. The molecule has 1 saturated carbocycles. The largest absolute Gasteiger partial charge is 0.498 e. The highest BCUT2D eigenvalue weighted by Crippen LogP contribution is 2.21. The van der Waals surface area contributed by atoms with E-state index >= 15 is 0 Å². The predicted octanol–water partition coefficient (Wildman–Crippen LogP) is 6.58. The smallest absolute Gasteiger partial charge is 0.222 e. The van der Waals surface area contributed by atoms with Crippen LogP contribution in [0.1, 0.15) is 48.8 Å². The molecule has 3 heteroatoms. The molecule has 0 aromatic heterocycles. The van der Waals surface area contributed by atoms with Crippen LogP contribution in [-0.2, 0) is 4.74 Å². The normalized spacial score (nSPS) is 15.9. The second-order valence-electron chi connectivity index (χ2n) is 7.34. The van der Waals surface area contributed by atoms with Crippen molar-refractivity contribution in [2.45, 2.75) is 59.0 Å². The molecule has 0 amide bonds. The maximum absolute atomic E-state index is 6.04. The van der Waals surface area contributed by atoms with Crippen molar-refractivity contribution in [3.63, 3.8) is 0 Å². The first kappa shape index (κ1) is 19.2. The van der Waals surface area contributed by atoms with Crippen LogP contribution in [0, 0.1) is 20.8 Å². The lowest BCUT2D eigenvalue weighted by Crippen LogP contribution is -2.14. The number of benzene rings is 2. The third kappa shape index (κ3) is 5.99. The Bertz CT molecular complexity index is 817. The van der Waals surface area contributed by atoms with Crippen molar-refractivity contribution in [3.05, 3.63) is 71.5 Å². The highest BCUT2D eigenvalue weighted by atomic mass is 16.5. The topological polar surface area (TPSA) is 30.8 Å². The van der Waals surface area contributed by atoms with Crippen LogP contribution in [-0.4, -0.2) is 12.0 Å². The van der Waals surface area contributed by atoms with Crippen LogP contribution in [0.3, 0.4) is 0 Å². The van der Waals surface area contributed by atoms with Gasteiger partial charge in [0, 0.05) is 6.08 Å². The lowest BCUT2D eigenvalue weighted by Gasteiger charge is -2.20. The Balaban J connectivity index is 1.78. The Morgan fingerprint density at radius 3 is 2.52 bits per heavy atom. The van der Waals surface area contributed by atoms with Gasteiger partial charge in [0.15, 0.2) is 0 Å². The zero-order chi connectivity index (χ0) is 19.1. The third-order valence-corrected chi connectivity index (χ3v) is 4.98. The molecule has 0 unspecified atom stereocenters. The van der Waals surface area contributed by atoms with Gasteiger partial charge >= 0.3 is 0 Å². The number of rotatable bonds is 5. The minimum absolute atomic E-state index is 0.317. The molecule has 0 saturated heterocycles. The second-order valence-corrected chi connectivity index (χ2v) is 7.34. The van der Waals surface area contributed by atoms with E-state index < -0.39 is 0 Å². The summed E-state index contributed by atoms with van der Waals surface area (Å²) in [5, 5.41) is 0. The molecule has 3 nitrogen and oxygen atoms in total. The monoisotopic (exact) mass is 363 g/mol. The molecule has 0 heterocycles. The van der Waals surface area contributed by atoms with Crippen molar-refractivity contribution < 1.29 is 9.47 Å². The highest BCUT2D eigenvalue weighted by Gasteiger charge is 2.12. The van der Waals surface area contributed by atoms with Gasteiger partial charge in [-0.25, -0.2) is 4.99 Å². The minimum atomic E-state index is 0.317. The van der Waals surface area contributed by atoms with Gasteiger partial charge in [0.1, 0.15) is 5.75 Å². The van der Waals surface area contributed by atoms with Crippen molar-refractivity contribution in [1.29, 1.82) is 0 Å². The summed E-state index contributed by atoms with van der Waals surface area (Å²) in [7, 11) is 0. The van der Waals surface area contributed by atoms with Gasteiger partial charge in [0.05, 0.1) is 18.1 Å². The molecule has 0 radical (unpaired) electrons. The Morgan fingerprint density at radius 2 is 1.78 bits per heavy atom. The summed E-state index contributed by atoms with van der Waals surface area (Å²) in [6, 6.07) is 14.2. The van der Waals surface area contributed by atoms with E-state index in [1.807, 2.05) is 30.3 Å². The predicted molar refractivity (Wildman–Crippen MR) is 112 cm³/mol. The molecule has 0 atom stereocenters. The van der Waals surface area contributed by atoms with Crippen molar-refractivity contribution in [3.8, 4) is 5.75 Å². The number of nitrogens with zero attached hydrogens (tertiary/aromatic N) is 1. The van der Waals surface area contributed by atoms with Gasteiger partial charge in [-0.15, -0.1) is 0 Å². The molecule has 0 aliphatic heterocycles. The number of hydrogen-bond acceptors (Lipinski definition) is 3. The van der Waals surface area contributed by atoms with Crippen LogP contribution in [0.2, 0.25) is 0 Å². The van der Waals surface area contributed by atoms with Crippen molar-refractivity contribution in [2.24, 2.45) is 4.99 Å². The number of ether oxygens (including phenoxy) is 2. The van der Waals surface area contributed by atoms with Gasteiger partial charge in [-0.3, -0.25) is 0 Å². The summed E-state index contributed by atoms with van der Waals surface area (Å²) in [4.78, 5) is 4.70. The first-order valence-electron chi connectivity index (χ1n) is 9.82. The summed E-state index contributed by atoms with van der Waals surface area (Å²) < 4.78 is 12.0. The first-order valence-corrected chi connectivity index (χ1v) is 9.82. The fraction of sp³-hybridized carbons (Fsp3) is 0.375. The van der Waals surface area contributed by atoms with E-state index in [-0.39, 0.29) is 0 Å². The summed E-state index contributed by atoms with van der Waals surface area (Å²) in [5.41, 5.74) is 4.50. The van der Waals surface area contributed by atoms with Gasteiger partial charge in [0.25, 0.3) is 0 Å². The van der Waals surface area contributed by atoms with Crippen LogP contribution in [0.15, 0.2) is 59.8 Å². The molecule has 1 aliphatic rings. The van der Waals surface area contributed by atoms with Crippen LogP contribution in [0.5, 0.6) is 5.75 Å². The molecule has 1 aliphatic carbocycles. The molecular formula is C24H29NO2. The Labute approximate surface area is 162 Å². The van der Waals surface area contributed by atoms with E-state index in [4.69, 9.17) is 14.5 Å². The summed E-state index contributed by atoms with van der Waals surface area (Å²) in [5.74, 6) is 1.31. The standard InChI is InChI=1S/C24H29NO2/c1-18-8-7-11-23(16-18)27-24(14-15-26-22-9-5-4-6-10-22)25-21-13-12-19(2)20(3)17-21/h7-8,11-17,22H,4-6,9-10H2,1-3H3. The Hall–Kier alpha value is -2.55. The molecule has 2 aromatic carbocycles. The zero-order valence-electron chi connectivity index (χ0n) is 16.6. The average molecular weight is 364 g/mol. The van der Waals surface area contributed by atoms with Crippen molar-refractivity contribution >= 4 is 11.6 Å². The van der Waals surface area contributed by atoms with E-state index in [0.29, 0.717) is 12.0 Å². The minimum Gasteiger partial charge on any atom is -0.498 e. The van der Waals surface area contributed by atoms with Crippen LogP contribution >= 0.6 is 0 Å². The quantitative estimate of drug-likeness (QED) is 0.341.